The van der Waals surface area contributed by atoms with E-state index >= 15 is 0 Å². The van der Waals surface area contributed by atoms with Crippen LogP contribution in [0.15, 0.2) is 30.5 Å². The van der Waals surface area contributed by atoms with Gasteiger partial charge in [-0.2, -0.15) is 0 Å². The fraction of sp³-hybridized carbons (Fsp3) is 0.438. The molecule has 0 aromatic carbocycles. The molecule has 1 atom stereocenters. The molecular formula is C16H20N2O2. The maximum Gasteiger partial charge on any atom is 0.253 e. The molecule has 4 heteroatoms. The number of amides is 1. The molecule has 1 aliphatic heterocycles. The minimum Gasteiger partial charge on any atom is -0.342 e. The molecule has 0 fully saturated rings. The van der Waals surface area contributed by atoms with Crippen molar-refractivity contribution in [1.29, 1.82) is 0 Å². The van der Waals surface area contributed by atoms with Crippen molar-refractivity contribution in [2.75, 3.05) is 0 Å². The third-order valence-electron chi connectivity index (χ3n) is 3.46. The van der Waals surface area contributed by atoms with Gasteiger partial charge in [-0.15, -0.1) is 0 Å². The maximum absolute atomic E-state index is 12.2. The summed E-state index contributed by atoms with van der Waals surface area (Å²) in [7, 11) is 0. The smallest absolute Gasteiger partial charge is 0.253 e. The molecule has 2 heterocycles. The lowest BCUT2D eigenvalue weighted by Gasteiger charge is -2.12. The molecule has 0 saturated carbocycles. The summed E-state index contributed by atoms with van der Waals surface area (Å²) in [5.41, 5.74) is 1.41. The summed E-state index contributed by atoms with van der Waals surface area (Å²) in [5.74, 6) is -0.210. The van der Waals surface area contributed by atoms with E-state index in [-0.39, 0.29) is 5.91 Å². The van der Waals surface area contributed by atoms with Gasteiger partial charge in [-0.1, -0.05) is 18.6 Å². The molecule has 0 aliphatic carbocycles. The SMILES string of the molecule is O=C[C@@H]1C/C=C\CCCCCc2ncccc2C(=O)N1. The van der Waals surface area contributed by atoms with E-state index in [1.807, 2.05) is 6.08 Å². The number of allylic oxidation sites excluding steroid dienone is 1. The summed E-state index contributed by atoms with van der Waals surface area (Å²) in [6.45, 7) is 0. The Balaban J connectivity index is 2.20. The Morgan fingerprint density at radius 3 is 3.00 bits per heavy atom. The van der Waals surface area contributed by atoms with Gasteiger partial charge in [0.05, 0.1) is 17.3 Å². The predicted octanol–water partition coefficient (Wildman–Crippen LogP) is 2.44. The molecule has 1 aromatic heterocycles. The van der Waals surface area contributed by atoms with Crippen LogP contribution < -0.4 is 5.32 Å². The predicted molar refractivity (Wildman–Crippen MR) is 77.5 cm³/mol. The highest BCUT2D eigenvalue weighted by atomic mass is 16.2. The molecule has 1 aliphatic rings. The number of hydrogen-bond donors (Lipinski definition) is 1. The van der Waals surface area contributed by atoms with Crippen molar-refractivity contribution in [3.8, 4) is 0 Å². The molecule has 106 valence electrons. The number of aryl methyl sites for hydroxylation is 1. The summed E-state index contributed by atoms with van der Waals surface area (Å²) in [6, 6.07) is 3.06. The summed E-state index contributed by atoms with van der Waals surface area (Å²) in [5, 5.41) is 2.76. The number of rotatable bonds is 1. The Morgan fingerprint density at radius 2 is 2.15 bits per heavy atom. The number of carbonyl (C=O) groups is 2. The third kappa shape index (κ3) is 4.02. The van der Waals surface area contributed by atoms with Crippen molar-refractivity contribution in [3.63, 3.8) is 0 Å². The fourth-order valence-electron chi connectivity index (χ4n) is 2.33. The first-order valence-electron chi connectivity index (χ1n) is 7.16. The second-order valence-corrected chi connectivity index (χ2v) is 5.02. The number of fused-ring (bicyclic) bond motifs is 1. The highest BCUT2D eigenvalue weighted by Crippen LogP contribution is 2.12. The lowest BCUT2D eigenvalue weighted by molar-refractivity contribution is -0.109. The van der Waals surface area contributed by atoms with Gasteiger partial charge < -0.3 is 10.1 Å². The number of pyridine rings is 1. The molecule has 0 radical (unpaired) electrons. The van der Waals surface area contributed by atoms with Crippen LogP contribution in [0.25, 0.3) is 0 Å². The van der Waals surface area contributed by atoms with Gasteiger partial charge >= 0.3 is 0 Å². The first kappa shape index (κ1) is 14.4. The van der Waals surface area contributed by atoms with Crippen LogP contribution in [0.1, 0.15) is 48.2 Å². The average Bonchev–Trinajstić information content (AvgIpc) is 2.49. The number of nitrogens with one attached hydrogen (secondary N) is 1. The minimum absolute atomic E-state index is 0.210. The van der Waals surface area contributed by atoms with Gasteiger partial charge in [-0.25, -0.2) is 0 Å². The van der Waals surface area contributed by atoms with E-state index in [0.717, 1.165) is 44.1 Å². The molecule has 20 heavy (non-hydrogen) atoms. The van der Waals surface area contributed by atoms with E-state index < -0.39 is 6.04 Å². The second kappa shape index (κ2) is 7.58. The largest absolute Gasteiger partial charge is 0.342 e. The Labute approximate surface area is 119 Å². The third-order valence-corrected chi connectivity index (χ3v) is 3.46. The van der Waals surface area contributed by atoms with Crippen LogP contribution in [0.4, 0.5) is 0 Å². The van der Waals surface area contributed by atoms with Crippen molar-refractivity contribution in [2.45, 2.75) is 44.6 Å². The van der Waals surface area contributed by atoms with Gasteiger partial charge in [0.2, 0.25) is 0 Å². The van der Waals surface area contributed by atoms with Crippen molar-refractivity contribution in [2.24, 2.45) is 0 Å². The number of aromatic nitrogens is 1. The summed E-state index contributed by atoms with van der Waals surface area (Å²) in [4.78, 5) is 27.6. The van der Waals surface area contributed by atoms with Gasteiger partial charge in [0, 0.05) is 6.20 Å². The molecule has 2 rings (SSSR count). The van der Waals surface area contributed by atoms with Crippen LogP contribution in [0, 0.1) is 0 Å². The van der Waals surface area contributed by atoms with Crippen LogP contribution in [-0.2, 0) is 11.2 Å². The summed E-state index contributed by atoms with van der Waals surface area (Å²) < 4.78 is 0. The van der Waals surface area contributed by atoms with E-state index in [1.165, 1.54) is 0 Å². The zero-order chi connectivity index (χ0) is 14.2. The molecule has 1 amide bonds. The van der Waals surface area contributed by atoms with E-state index in [4.69, 9.17) is 0 Å². The van der Waals surface area contributed by atoms with Gasteiger partial charge in [0.25, 0.3) is 5.91 Å². The van der Waals surface area contributed by atoms with Crippen molar-refractivity contribution in [3.05, 3.63) is 41.7 Å². The Morgan fingerprint density at radius 1 is 1.25 bits per heavy atom. The van der Waals surface area contributed by atoms with Gasteiger partial charge in [-0.05, 0) is 44.2 Å². The van der Waals surface area contributed by atoms with Crippen molar-refractivity contribution < 1.29 is 9.59 Å². The molecule has 0 unspecified atom stereocenters. The fourth-order valence-corrected chi connectivity index (χ4v) is 2.33. The quantitative estimate of drug-likeness (QED) is 0.631. The van der Waals surface area contributed by atoms with Gasteiger partial charge in [0.1, 0.15) is 6.29 Å². The zero-order valence-electron chi connectivity index (χ0n) is 11.5. The normalized spacial score (nSPS) is 22.4. The number of hydrogen-bond acceptors (Lipinski definition) is 3. The second-order valence-electron chi connectivity index (χ2n) is 5.02. The highest BCUT2D eigenvalue weighted by Gasteiger charge is 2.15. The monoisotopic (exact) mass is 272 g/mol. The molecule has 4 nitrogen and oxygen atoms in total. The minimum atomic E-state index is -0.465. The number of aldehydes is 1. The molecule has 0 spiro atoms. The topological polar surface area (TPSA) is 59.1 Å². The van der Waals surface area contributed by atoms with Gasteiger partial charge in [0.15, 0.2) is 0 Å². The average molecular weight is 272 g/mol. The summed E-state index contributed by atoms with van der Waals surface area (Å²) >= 11 is 0. The first-order chi connectivity index (χ1) is 9.81. The number of carbonyl (C=O) groups excluding carboxylic acids is 2. The number of nitrogens with zero attached hydrogens (tertiary/aromatic N) is 1. The van der Waals surface area contributed by atoms with Crippen LogP contribution in [0.2, 0.25) is 0 Å². The van der Waals surface area contributed by atoms with Crippen LogP contribution in [-0.4, -0.2) is 23.2 Å². The van der Waals surface area contributed by atoms with Gasteiger partial charge in [-0.3, -0.25) is 9.78 Å². The lowest BCUT2D eigenvalue weighted by Crippen LogP contribution is -2.36. The highest BCUT2D eigenvalue weighted by molar-refractivity contribution is 5.96. The molecule has 0 bridgehead atoms. The maximum atomic E-state index is 12.2. The van der Waals surface area contributed by atoms with Crippen LogP contribution in [0.5, 0.6) is 0 Å². The Hall–Kier alpha value is -1.97. The standard InChI is InChI=1S/C16H20N2O2/c19-12-13-8-5-3-1-2-4-6-10-15-14(16(20)18-13)9-7-11-17-15/h3,5,7,9,11-13H,1-2,4,6,8,10H2,(H,18,20)/b5-3-/t13-/m0/s1. The summed E-state index contributed by atoms with van der Waals surface area (Å²) in [6.07, 6.45) is 12.2. The first-order valence-corrected chi connectivity index (χ1v) is 7.16. The lowest BCUT2D eigenvalue weighted by atomic mass is 10.1. The zero-order valence-corrected chi connectivity index (χ0v) is 11.5. The van der Waals surface area contributed by atoms with E-state index in [1.54, 1.807) is 18.3 Å². The van der Waals surface area contributed by atoms with Crippen molar-refractivity contribution in [1.82, 2.24) is 10.3 Å². The van der Waals surface area contributed by atoms with E-state index in [9.17, 15) is 9.59 Å². The molecule has 0 saturated heterocycles. The molecular weight excluding hydrogens is 252 g/mol. The Bertz CT molecular complexity index is 497. The molecule has 1 aromatic rings. The van der Waals surface area contributed by atoms with Crippen molar-refractivity contribution >= 4 is 12.2 Å². The van der Waals surface area contributed by atoms with Crippen LogP contribution in [0.3, 0.4) is 0 Å². The Kier molecular flexibility index (Phi) is 5.47. The van der Waals surface area contributed by atoms with E-state index in [2.05, 4.69) is 16.4 Å². The van der Waals surface area contributed by atoms with Crippen LogP contribution >= 0.6 is 0 Å². The van der Waals surface area contributed by atoms with E-state index in [0.29, 0.717) is 12.0 Å². The molecule has 1 N–H and O–H groups in total.